The number of carbonyl (C=O) groups is 1. The van der Waals surface area contributed by atoms with E-state index in [0.717, 1.165) is 11.4 Å². The van der Waals surface area contributed by atoms with Gasteiger partial charge in [-0.25, -0.2) is 9.37 Å². The topological polar surface area (TPSA) is 38.1 Å². The van der Waals surface area contributed by atoms with Gasteiger partial charge in [0.2, 0.25) is 0 Å². The van der Waals surface area contributed by atoms with Gasteiger partial charge in [0.05, 0.1) is 6.54 Å². The maximum absolute atomic E-state index is 13.4. The van der Waals surface area contributed by atoms with Gasteiger partial charge in [-0.3, -0.25) is 4.79 Å². The molecule has 6 heteroatoms. The molecule has 1 heterocycles. The van der Waals surface area contributed by atoms with E-state index in [9.17, 15) is 9.18 Å². The third-order valence-corrected chi connectivity index (χ3v) is 4.58. The van der Waals surface area contributed by atoms with Crippen molar-refractivity contribution in [2.45, 2.75) is 33.0 Å². The van der Waals surface area contributed by atoms with Gasteiger partial charge in [-0.2, -0.15) is 0 Å². The van der Waals surface area contributed by atoms with Gasteiger partial charge < -0.3 is 9.47 Å². The molecule has 0 fully saturated rings. The Morgan fingerprint density at radius 3 is 2.63 bits per heavy atom. The lowest BCUT2D eigenvalue weighted by Crippen LogP contribution is -2.37. The second kappa shape index (κ2) is 8.35. The minimum absolute atomic E-state index is 0.00695. The van der Waals surface area contributed by atoms with Gasteiger partial charge >= 0.3 is 0 Å². The largest absolute Gasteiger partial charge is 0.329 e. The van der Waals surface area contributed by atoms with E-state index in [2.05, 4.69) is 4.98 Å². The van der Waals surface area contributed by atoms with Crippen LogP contribution < -0.4 is 0 Å². The number of hydrogen-bond acceptors (Lipinski definition) is 2. The number of aromatic nitrogens is 2. The fourth-order valence-corrected chi connectivity index (χ4v) is 2.99. The summed E-state index contributed by atoms with van der Waals surface area (Å²) in [5.74, 6) is 0.396. The van der Waals surface area contributed by atoms with Crippen molar-refractivity contribution in [3.05, 3.63) is 88.7 Å². The van der Waals surface area contributed by atoms with Crippen LogP contribution in [0.3, 0.4) is 0 Å². The van der Waals surface area contributed by atoms with Crippen molar-refractivity contribution in [1.29, 1.82) is 0 Å². The number of nitrogens with zero attached hydrogens (tertiary/aromatic N) is 3. The van der Waals surface area contributed by atoms with E-state index in [1.165, 1.54) is 12.1 Å². The van der Waals surface area contributed by atoms with Gasteiger partial charge in [-0.05, 0) is 55.8 Å². The lowest BCUT2D eigenvalue weighted by Gasteiger charge is -2.27. The number of carbonyl (C=O) groups excluding carboxylic acids is 1. The van der Waals surface area contributed by atoms with E-state index in [-0.39, 0.29) is 17.8 Å². The second-order valence-corrected chi connectivity index (χ2v) is 7.07. The fourth-order valence-electron chi connectivity index (χ4n) is 2.87. The van der Waals surface area contributed by atoms with Crippen LogP contribution in [0.15, 0.2) is 60.9 Å². The third-order valence-electron chi connectivity index (χ3n) is 4.33. The van der Waals surface area contributed by atoms with E-state index >= 15 is 0 Å². The SMILES string of the molecule is CC(C)N(Cc1nccn1Cc1cccc(F)c1)C(=O)c1ccc(Cl)cc1. The molecule has 3 aromatic rings. The molecule has 1 aromatic heterocycles. The van der Waals surface area contributed by atoms with E-state index in [0.29, 0.717) is 23.7 Å². The Balaban J connectivity index is 1.80. The zero-order valence-electron chi connectivity index (χ0n) is 15.3. The van der Waals surface area contributed by atoms with Gasteiger partial charge in [0.15, 0.2) is 0 Å². The number of rotatable bonds is 6. The van der Waals surface area contributed by atoms with Crippen molar-refractivity contribution < 1.29 is 9.18 Å². The molecule has 140 valence electrons. The predicted octanol–water partition coefficient (Wildman–Crippen LogP) is 4.77. The van der Waals surface area contributed by atoms with Crippen molar-refractivity contribution in [2.75, 3.05) is 0 Å². The van der Waals surface area contributed by atoms with E-state index < -0.39 is 0 Å². The summed E-state index contributed by atoms with van der Waals surface area (Å²) in [6.07, 6.45) is 3.53. The molecule has 3 rings (SSSR count). The molecule has 0 saturated heterocycles. The Kier molecular flexibility index (Phi) is 5.91. The highest BCUT2D eigenvalue weighted by atomic mass is 35.5. The summed E-state index contributed by atoms with van der Waals surface area (Å²) in [6, 6.07) is 13.3. The van der Waals surface area contributed by atoms with Crippen LogP contribution in [-0.2, 0) is 13.1 Å². The normalized spacial score (nSPS) is 11.0. The average molecular weight is 386 g/mol. The smallest absolute Gasteiger partial charge is 0.254 e. The first kappa shape index (κ1) is 19.1. The van der Waals surface area contributed by atoms with E-state index in [1.54, 1.807) is 41.4 Å². The predicted molar refractivity (Wildman–Crippen MR) is 104 cm³/mol. The lowest BCUT2D eigenvalue weighted by molar-refractivity contribution is 0.0683. The highest BCUT2D eigenvalue weighted by molar-refractivity contribution is 6.30. The van der Waals surface area contributed by atoms with E-state index in [1.807, 2.05) is 30.7 Å². The lowest BCUT2D eigenvalue weighted by atomic mass is 10.1. The Hall–Kier alpha value is -2.66. The minimum Gasteiger partial charge on any atom is -0.329 e. The van der Waals surface area contributed by atoms with Gasteiger partial charge in [0.1, 0.15) is 11.6 Å². The molecular weight excluding hydrogens is 365 g/mol. The first-order chi connectivity index (χ1) is 12.9. The minimum atomic E-state index is -0.268. The summed E-state index contributed by atoms with van der Waals surface area (Å²) in [4.78, 5) is 19.1. The summed E-state index contributed by atoms with van der Waals surface area (Å²) in [5, 5.41) is 0.591. The molecule has 0 aliphatic heterocycles. The monoisotopic (exact) mass is 385 g/mol. The van der Waals surface area contributed by atoms with Crippen LogP contribution in [0.2, 0.25) is 5.02 Å². The molecule has 0 aliphatic carbocycles. The van der Waals surface area contributed by atoms with E-state index in [4.69, 9.17) is 11.6 Å². The molecular formula is C21H21ClFN3O. The number of halogens is 2. The molecule has 0 N–H and O–H groups in total. The Bertz CT molecular complexity index is 921. The maximum Gasteiger partial charge on any atom is 0.254 e. The van der Waals surface area contributed by atoms with Gasteiger partial charge in [0, 0.05) is 35.6 Å². The van der Waals surface area contributed by atoms with Crippen molar-refractivity contribution in [1.82, 2.24) is 14.5 Å². The molecule has 0 aliphatic rings. The highest BCUT2D eigenvalue weighted by Crippen LogP contribution is 2.16. The number of amides is 1. The van der Waals surface area contributed by atoms with Crippen molar-refractivity contribution >= 4 is 17.5 Å². The first-order valence-electron chi connectivity index (χ1n) is 8.75. The Morgan fingerprint density at radius 1 is 1.22 bits per heavy atom. The molecule has 0 bridgehead atoms. The van der Waals surface area contributed by atoms with Crippen LogP contribution in [0.4, 0.5) is 4.39 Å². The molecule has 0 unspecified atom stereocenters. The molecule has 0 radical (unpaired) electrons. The average Bonchev–Trinajstić information content (AvgIpc) is 3.06. The number of benzene rings is 2. The van der Waals surface area contributed by atoms with Gasteiger partial charge in [-0.1, -0.05) is 23.7 Å². The number of hydrogen-bond donors (Lipinski definition) is 0. The van der Waals surface area contributed by atoms with Crippen LogP contribution in [-0.4, -0.2) is 26.4 Å². The first-order valence-corrected chi connectivity index (χ1v) is 9.13. The second-order valence-electron chi connectivity index (χ2n) is 6.63. The summed E-state index contributed by atoms with van der Waals surface area (Å²) < 4.78 is 15.4. The summed E-state index contributed by atoms with van der Waals surface area (Å²) in [7, 11) is 0. The van der Waals surface area contributed by atoms with Crippen molar-refractivity contribution in [3.8, 4) is 0 Å². The van der Waals surface area contributed by atoms with Crippen molar-refractivity contribution in [3.63, 3.8) is 0 Å². The third kappa shape index (κ3) is 4.74. The summed E-state index contributed by atoms with van der Waals surface area (Å²) >= 11 is 5.92. The molecule has 0 atom stereocenters. The van der Waals surface area contributed by atoms with Gasteiger partial charge in [-0.15, -0.1) is 0 Å². The standard InChI is InChI=1S/C21H21ClFN3O/c1-15(2)26(21(27)17-6-8-18(22)9-7-17)14-20-24-10-11-25(20)13-16-4-3-5-19(23)12-16/h3-12,15H,13-14H2,1-2H3. The highest BCUT2D eigenvalue weighted by Gasteiger charge is 2.21. The molecule has 1 amide bonds. The molecule has 27 heavy (non-hydrogen) atoms. The zero-order valence-corrected chi connectivity index (χ0v) is 16.0. The molecule has 0 spiro atoms. The quantitative estimate of drug-likeness (QED) is 0.612. The summed E-state index contributed by atoms with van der Waals surface area (Å²) in [5.41, 5.74) is 1.42. The van der Waals surface area contributed by atoms with Crippen LogP contribution in [0.25, 0.3) is 0 Å². The molecule has 0 saturated carbocycles. The molecule has 4 nitrogen and oxygen atoms in total. The Morgan fingerprint density at radius 2 is 1.96 bits per heavy atom. The fraction of sp³-hybridized carbons (Fsp3) is 0.238. The summed E-state index contributed by atoms with van der Waals surface area (Å²) in [6.45, 7) is 4.79. The van der Waals surface area contributed by atoms with Crippen LogP contribution in [0, 0.1) is 5.82 Å². The zero-order chi connectivity index (χ0) is 19.4. The van der Waals surface area contributed by atoms with Crippen LogP contribution >= 0.6 is 11.6 Å². The van der Waals surface area contributed by atoms with Crippen LogP contribution in [0.5, 0.6) is 0 Å². The van der Waals surface area contributed by atoms with Crippen molar-refractivity contribution in [2.24, 2.45) is 0 Å². The van der Waals surface area contributed by atoms with Crippen LogP contribution in [0.1, 0.15) is 35.6 Å². The molecule has 2 aromatic carbocycles. The maximum atomic E-state index is 13.4. The Labute approximate surface area is 163 Å². The van der Waals surface area contributed by atoms with Gasteiger partial charge in [0.25, 0.3) is 5.91 Å². The number of imidazole rings is 1.